The lowest BCUT2D eigenvalue weighted by Gasteiger charge is -2.11. The molecular formula is C7H14N4O4S2. The molecule has 1 rings (SSSR count). The van der Waals surface area contributed by atoms with E-state index in [4.69, 9.17) is 0 Å². The Balaban J connectivity index is 2.59. The zero-order chi connectivity index (χ0) is 13.1. The molecule has 0 aliphatic rings. The monoisotopic (exact) mass is 282 g/mol. The number of hydrogen-bond donors (Lipinski definition) is 2. The molecule has 0 amide bonds. The van der Waals surface area contributed by atoms with Gasteiger partial charge in [-0.25, -0.2) is 25.9 Å². The minimum absolute atomic E-state index is 0.0280. The second kappa shape index (κ2) is 5.12. The number of rotatable bonds is 6. The molecule has 98 valence electrons. The molecule has 0 spiro atoms. The van der Waals surface area contributed by atoms with E-state index in [-0.39, 0.29) is 17.2 Å². The molecule has 1 heterocycles. The Bertz CT molecular complexity index is 547. The van der Waals surface area contributed by atoms with Crippen molar-refractivity contribution in [3.63, 3.8) is 0 Å². The van der Waals surface area contributed by atoms with Crippen molar-refractivity contribution in [2.45, 2.75) is 4.90 Å². The number of sulfonamides is 2. The molecule has 0 unspecified atom stereocenters. The van der Waals surface area contributed by atoms with Crippen LogP contribution >= 0.6 is 0 Å². The molecule has 0 aliphatic heterocycles. The first-order chi connectivity index (χ1) is 7.76. The summed E-state index contributed by atoms with van der Waals surface area (Å²) in [7, 11) is -4.32. The Kier molecular flexibility index (Phi) is 4.25. The van der Waals surface area contributed by atoms with Crippen molar-refractivity contribution in [2.24, 2.45) is 0 Å². The van der Waals surface area contributed by atoms with Crippen LogP contribution in [0.1, 0.15) is 0 Å². The van der Waals surface area contributed by atoms with Gasteiger partial charge in [-0.05, 0) is 0 Å². The Morgan fingerprint density at radius 1 is 1.35 bits per heavy atom. The molecule has 0 saturated carbocycles. The van der Waals surface area contributed by atoms with Gasteiger partial charge in [-0.2, -0.15) is 5.10 Å². The highest BCUT2D eigenvalue weighted by molar-refractivity contribution is 7.90. The van der Waals surface area contributed by atoms with Crippen molar-refractivity contribution < 1.29 is 16.8 Å². The van der Waals surface area contributed by atoms with E-state index in [1.54, 1.807) is 0 Å². The lowest BCUT2D eigenvalue weighted by molar-refractivity contribution is 0.519. The maximum atomic E-state index is 11.6. The summed E-state index contributed by atoms with van der Waals surface area (Å²) in [6.45, 7) is -0.186. The van der Waals surface area contributed by atoms with Gasteiger partial charge in [-0.1, -0.05) is 0 Å². The van der Waals surface area contributed by atoms with Gasteiger partial charge >= 0.3 is 0 Å². The fourth-order valence-corrected chi connectivity index (χ4v) is 2.75. The lowest BCUT2D eigenvalue weighted by Crippen LogP contribution is -2.33. The van der Waals surface area contributed by atoms with E-state index < -0.39 is 20.0 Å². The van der Waals surface area contributed by atoms with Gasteiger partial charge < -0.3 is 0 Å². The predicted octanol–water partition coefficient (Wildman–Crippen LogP) is -1.42. The van der Waals surface area contributed by atoms with E-state index >= 15 is 0 Å². The molecule has 1 aromatic rings. The molecule has 0 bridgehead atoms. The summed E-state index contributed by atoms with van der Waals surface area (Å²) in [5.74, 6) is -0.295. The number of nitrogens with one attached hydrogen (secondary N) is 2. The van der Waals surface area contributed by atoms with Crippen molar-refractivity contribution in [3.8, 4) is 0 Å². The van der Waals surface area contributed by atoms with Crippen molar-refractivity contribution in [1.82, 2.24) is 19.2 Å². The summed E-state index contributed by atoms with van der Waals surface area (Å²) >= 11 is 0. The average Bonchev–Trinajstić information content (AvgIpc) is 2.69. The minimum Gasteiger partial charge on any atom is -0.284 e. The van der Waals surface area contributed by atoms with Crippen LogP contribution in [0.15, 0.2) is 17.3 Å². The quantitative estimate of drug-likeness (QED) is 0.665. The summed E-state index contributed by atoms with van der Waals surface area (Å²) in [6, 6.07) is 0. The van der Waals surface area contributed by atoms with E-state index in [2.05, 4.69) is 14.9 Å². The zero-order valence-electron chi connectivity index (χ0n) is 9.41. The van der Waals surface area contributed by atoms with Crippen LogP contribution in [-0.2, 0) is 20.0 Å². The first kappa shape index (κ1) is 14.1. The summed E-state index contributed by atoms with van der Waals surface area (Å²) in [5, 5.41) is 5.87. The second-order valence-electron chi connectivity index (χ2n) is 3.43. The van der Waals surface area contributed by atoms with Crippen LogP contribution in [0, 0.1) is 0 Å². The van der Waals surface area contributed by atoms with Crippen LogP contribution in [0.5, 0.6) is 0 Å². The lowest BCUT2D eigenvalue weighted by atomic mass is 10.7. The first-order valence-corrected chi connectivity index (χ1v) is 7.73. The van der Waals surface area contributed by atoms with Gasteiger partial charge in [0, 0.05) is 26.8 Å². The Morgan fingerprint density at radius 3 is 2.47 bits per heavy atom. The van der Waals surface area contributed by atoms with Crippen LogP contribution in [0.2, 0.25) is 0 Å². The van der Waals surface area contributed by atoms with Crippen molar-refractivity contribution >= 4 is 20.0 Å². The molecule has 2 N–H and O–H groups in total. The topological polar surface area (TPSA) is 112 Å². The highest BCUT2D eigenvalue weighted by Gasteiger charge is 2.18. The normalized spacial score (nSPS) is 13.1. The maximum absolute atomic E-state index is 11.6. The standard InChI is InChI=1S/C7H14N4O4S2/c1-11(2)16(12,13)4-3-10-17(14,15)7-5-8-9-6-7/h5-6,10H,3-4H2,1-2H3,(H,8,9). The predicted molar refractivity (Wildman–Crippen MR) is 61.3 cm³/mol. The van der Waals surface area contributed by atoms with Crippen LogP contribution in [0.25, 0.3) is 0 Å². The molecule has 0 saturated heterocycles. The highest BCUT2D eigenvalue weighted by Crippen LogP contribution is 2.03. The molecule has 0 aromatic carbocycles. The number of aromatic nitrogens is 2. The third-order valence-corrected chi connectivity index (χ3v) is 5.25. The first-order valence-electron chi connectivity index (χ1n) is 4.64. The van der Waals surface area contributed by atoms with Gasteiger partial charge in [0.1, 0.15) is 4.90 Å². The maximum Gasteiger partial charge on any atom is 0.243 e. The molecule has 8 nitrogen and oxygen atoms in total. The molecule has 0 fully saturated rings. The van der Waals surface area contributed by atoms with Gasteiger partial charge in [0.15, 0.2) is 0 Å². The largest absolute Gasteiger partial charge is 0.284 e. The third kappa shape index (κ3) is 3.77. The fraction of sp³-hybridized carbons (Fsp3) is 0.571. The SMILES string of the molecule is CN(C)S(=O)(=O)CCNS(=O)(=O)c1cn[nH]c1. The van der Waals surface area contributed by atoms with Gasteiger partial charge in [-0.15, -0.1) is 0 Å². The smallest absolute Gasteiger partial charge is 0.243 e. The van der Waals surface area contributed by atoms with E-state index in [1.807, 2.05) is 0 Å². The Labute approximate surface area is 100 Å². The molecule has 0 atom stereocenters. The molecule has 17 heavy (non-hydrogen) atoms. The van der Waals surface area contributed by atoms with Gasteiger partial charge in [0.25, 0.3) is 0 Å². The minimum atomic E-state index is -3.69. The van der Waals surface area contributed by atoms with Crippen molar-refractivity contribution in [1.29, 1.82) is 0 Å². The van der Waals surface area contributed by atoms with Crippen LogP contribution in [0.3, 0.4) is 0 Å². The highest BCUT2D eigenvalue weighted by atomic mass is 32.2. The number of H-pyrrole nitrogens is 1. The van der Waals surface area contributed by atoms with Crippen molar-refractivity contribution in [3.05, 3.63) is 12.4 Å². The van der Waals surface area contributed by atoms with E-state index in [9.17, 15) is 16.8 Å². The Morgan fingerprint density at radius 2 is 2.00 bits per heavy atom. The van der Waals surface area contributed by atoms with Crippen LogP contribution in [-0.4, -0.2) is 57.7 Å². The van der Waals surface area contributed by atoms with E-state index in [0.29, 0.717) is 0 Å². The summed E-state index contributed by atoms with van der Waals surface area (Å²) in [4.78, 5) is -0.0280. The average molecular weight is 282 g/mol. The van der Waals surface area contributed by atoms with Crippen LogP contribution < -0.4 is 4.72 Å². The molecular weight excluding hydrogens is 268 g/mol. The molecule has 10 heteroatoms. The molecule has 0 radical (unpaired) electrons. The summed E-state index contributed by atoms with van der Waals surface area (Å²) in [6.07, 6.45) is 2.35. The van der Waals surface area contributed by atoms with Crippen LogP contribution in [0.4, 0.5) is 0 Å². The fourth-order valence-electron chi connectivity index (χ4n) is 0.957. The summed E-state index contributed by atoms with van der Waals surface area (Å²) < 4.78 is 49.1. The second-order valence-corrected chi connectivity index (χ2v) is 7.50. The zero-order valence-corrected chi connectivity index (χ0v) is 11.0. The molecule has 0 aliphatic carbocycles. The number of aromatic amines is 1. The number of nitrogens with zero attached hydrogens (tertiary/aromatic N) is 2. The van der Waals surface area contributed by atoms with E-state index in [1.165, 1.54) is 20.3 Å². The van der Waals surface area contributed by atoms with Gasteiger partial charge in [0.05, 0.1) is 11.9 Å². The van der Waals surface area contributed by atoms with Crippen molar-refractivity contribution in [2.75, 3.05) is 26.4 Å². The number of hydrogen-bond acceptors (Lipinski definition) is 5. The molecule has 1 aromatic heterocycles. The van der Waals surface area contributed by atoms with E-state index in [0.717, 1.165) is 10.5 Å². The Hall–Kier alpha value is -0.970. The van der Waals surface area contributed by atoms with Gasteiger partial charge in [-0.3, -0.25) is 5.10 Å². The van der Waals surface area contributed by atoms with Gasteiger partial charge in [0.2, 0.25) is 20.0 Å². The third-order valence-electron chi connectivity index (χ3n) is 1.99. The summed E-state index contributed by atoms with van der Waals surface area (Å²) in [5.41, 5.74) is 0.